The SMILES string of the molecule is CNc1ncccc1C(=O)N1CCC2(C(=O)Nc3ccccc32)C1c1cnn(C)c1. The van der Waals surface area contributed by atoms with Crippen LogP contribution in [0.4, 0.5) is 11.5 Å². The van der Waals surface area contributed by atoms with E-state index >= 15 is 0 Å². The number of anilines is 2. The van der Waals surface area contributed by atoms with Gasteiger partial charge in [-0.1, -0.05) is 18.2 Å². The van der Waals surface area contributed by atoms with Gasteiger partial charge in [-0.25, -0.2) is 4.98 Å². The lowest BCUT2D eigenvalue weighted by molar-refractivity contribution is -0.121. The molecule has 1 spiro atoms. The van der Waals surface area contributed by atoms with Gasteiger partial charge in [-0.15, -0.1) is 0 Å². The van der Waals surface area contributed by atoms with Gasteiger partial charge < -0.3 is 15.5 Å². The van der Waals surface area contributed by atoms with E-state index in [1.807, 2.05) is 37.5 Å². The predicted octanol–water partition coefficient (Wildman–Crippen LogP) is 2.33. The van der Waals surface area contributed by atoms with Gasteiger partial charge in [0.2, 0.25) is 5.91 Å². The van der Waals surface area contributed by atoms with Crippen molar-refractivity contribution in [3.05, 3.63) is 71.7 Å². The highest BCUT2D eigenvalue weighted by molar-refractivity contribution is 6.08. The van der Waals surface area contributed by atoms with E-state index in [-0.39, 0.29) is 11.8 Å². The van der Waals surface area contributed by atoms with E-state index in [9.17, 15) is 9.59 Å². The molecule has 0 bridgehead atoms. The molecule has 2 aromatic heterocycles. The van der Waals surface area contributed by atoms with E-state index < -0.39 is 11.5 Å². The molecule has 0 saturated carbocycles. The lowest BCUT2D eigenvalue weighted by Crippen LogP contribution is -2.42. The zero-order valence-electron chi connectivity index (χ0n) is 16.8. The highest BCUT2D eigenvalue weighted by atomic mass is 16.2. The van der Waals surface area contributed by atoms with Gasteiger partial charge in [-0.3, -0.25) is 14.3 Å². The molecule has 8 nitrogen and oxygen atoms in total. The van der Waals surface area contributed by atoms with Gasteiger partial charge in [0.25, 0.3) is 5.91 Å². The van der Waals surface area contributed by atoms with Gasteiger partial charge in [-0.05, 0) is 30.2 Å². The van der Waals surface area contributed by atoms with Crippen LogP contribution in [0.3, 0.4) is 0 Å². The molecular weight excluding hydrogens is 380 g/mol. The summed E-state index contributed by atoms with van der Waals surface area (Å²) in [6, 6.07) is 10.8. The number of carbonyl (C=O) groups excluding carboxylic acids is 2. The molecule has 2 atom stereocenters. The van der Waals surface area contributed by atoms with Gasteiger partial charge in [0, 0.05) is 44.3 Å². The Hall–Kier alpha value is -3.68. The molecule has 0 aliphatic carbocycles. The van der Waals surface area contributed by atoms with Crippen LogP contribution in [0.2, 0.25) is 0 Å². The van der Waals surface area contributed by atoms with E-state index in [0.717, 1.165) is 16.8 Å². The molecule has 2 unspecified atom stereocenters. The number of benzene rings is 1. The van der Waals surface area contributed by atoms with Crippen LogP contribution in [-0.4, -0.2) is 45.1 Å². The quantitative estimate of drug-likeness (QED) is 0.702. The summed E-state index contributed by atoms with van der Waals surface area (Å²) in [7, 11) is 3.57. The van der Waals surface area contributed by atoms with E-state index in [4.69, 9.17) is 0 Å². The molecule has 5 rings (SSSR count). The number of aromatic nitrogens is 3. The van der Waals surface area contributed by atoms with Crippen molar-refractivity contribution in [2.24, 2.45) is 7.05 Å². The van der Waals surface area contributed by atoms with Gasteiger partial charge in [0.15, 0.2) is 0 Å². The first-order chi connectivity index (χ1) is 14.6. The van der Waals surface area contributed by atoms with Crippen LogP contribution in [0.25, 0.3) is 0 Å². The Morgan fingerprint density at radius 3 is 2.87 bits per heavy atom. The zero-order chi connectivity index (χ0) is 20.9. The minimum Gasteiger partial charge on any atom is -0.372 e. The Balaban J connectivity index is 1.67. The number of nitrogens with one attached hydrogen (secondary N) is 2. The number of pyridine rings is 1. The first-order valence-electron chi connectivity index (χ1n) is 9.89. The maximum atomic E-state index is 13.7. The average molecular weight is 402 g/mol. The molecule has 2 aliphatic heterocycles. The molecule has 0 radical (unpaired) electrons. The summed E-state index contributed by atoms with van der Waals surface area (Å²) in [6.45, 7) is 0.457. The van der Waals surface area contributed by atoms with Crippen molar-refractivity contribution in [3.8, 4) is 0 Å². The molecule has 3 aromatic rings. The molecule has 2 aliphatic rings. The summed E-state index contributed by atoms with van der Waals surface area (Å²) in [4.78, 5) is 33.1. The van der Waals surface area contributed by atoms with Crippen molar-refractivity contribution >= 4 is 23.3 Å². The van der Waals surface area contributed by atoms with Crippen LogP contribution in [0.1, 0.15) is 33.9 Å². The topological polar surface area (TPSA) is 92.2 Å². The third-order valence-corrected chi connectivity index (χ3v) is 6.16. The molecule has 2 N–H and O–H groups in total. The van der Waals surface area contributed by atoms with E-state index in [1.165, 1.54) is 0 Å². The smallest absolute Gasteiger partial charge is 0.258 e. The second-order valence-electron chi connectivity index (χ2n) is 7.72. The second-order valence-corrected chi connectivity index (χ2v) is 7.72. The molecule has 1 saturated heterocycles. The monoisotopic (exact) mass is 402 g/mol. The summed E-state index contributed by atoms with van der Waals surface area (Å²) < 4.78 is 1.70. The molecule has 4 heterocycles. The zero-order valence-corrected chi connectivity index (χ0v) is 16.8. The number of fused-ring (bicyclic) bond motifs is 2. The molecule has 1 aromatic carbocycles. The van der Waals surface area contributed by atoms with Crippen molar-refractivity contribution in [1.29, 1.82) is 0 Å². The van der Waals surface area contributed by atoms with Crippen molar-refractivity contribution in [2.75, 3.05) is 24.2 Å². The number of amides is 2. The number of likely N-dealkylation sites (tertiary alicyclic amines) is 1. The first kappa shape index (κ1) is 18.4. The summed E-state index contributed by atoms with van der Waals surface area (Å²) >= 11 is 0. The Morgan fingerprint density at radius 2 is 2.10 bits per heavy atom. The molecule has 152 valence electrons. The largest absolute Gasteiger partial charge is 0.372 e. The van der Waals surface area contributed by atoms with Crippen LogP contribution in [-0.2, 0) is 17.3 Å². The normalized spacial score (nSPS) is 22.3. The van der Waals surface area contributed by atoms with Crippen molar-refractivity contribution < 1.29 is 9.59 Å². The molecule has 1 fully saturated rings. The van der Waals surface area contributed by atoms with E-state index in [0.29, 0.717) is 24.3 Å². The Bertz CT molecular complexity index is 1160. The van der Waals surface area contributed by atoms with Crippen LogP contribution in [0.5, 0.6) is 0 Å². The third kappa shape index (κ3) is 2.46. The van der Waals surface area contributed by atoms with Gasteiger partial charge >= 0.3 is 0 Å². The predicted molar refractivity (Wildman–Crippen MR) is 112 cm³/mol. The van der Waals surface area contributed by atoms with Crippen molar-refractivity contribution in [1.82, 2.24) is 19.7 Å². The minimum absolute atomic E-state index is 0.0760. The second kappa shape index (κ2) is 6.69. The van der Waals surface area contributed by atoms with Gasteiger partial charge in [0.1, 0.15) is 11.2 Å². The summed E-state index contributed by atoms with van der Waals surface area (Å²) in [5.74, 6) is 0.285. The fourth-order valence-corrected chi connectivity index (χ4v) is 4.88. The fourth-order valence-electron chi connectivity index (χ4n) is 4.88. The first-order valence-corrected chi connectivity index (χ1v) is 9.89. The number of carbonyl (C=O) groups is 2. The maximum Gasteiger partial charge on any atom is 0.258 e. The average Bonchev–Trinajstić information content (AvgIpc) is 3.44. The molecule has 2 amide bonds. The number of aryl methyl sites for hydroxylation is 1. The summed E-state index contributed by atoms with van der Waals surface area (Å²) in [5, 5.41) is 10.3. The lowest BCUT2D eigenvalue weighted by Gasteiger charge is -2.33. The summed E-state index contributed by atoms with van der Waals surface area (Å²) in [5.41, 5.74) is 2.21. The lowest BCUT2D eigenvalue weighted by atomic mass is 9.73. The molecule has 8 heteroatoms. The van der Waals surface area contributed by atoms with Crippen LogP contribution in [0.15, 0.2) is 55.0 Å². The minimum atomic E-state index is -0.850. The number of rotatable bonds is 3. The van der Waals surface area contributed by atoms with E-state index in [1.54, 1.807) is 41.2 Å². The van der Waals surface area contributed by atoms with E-state index in [2.05, 4.69) is 20.7 Å². The highest BCUT2D eigenvalue weighted by Gasteiger charge is 2.59. The third-order valence-electron chi connectivity index (χ3n) is 6.16. The van der Waals surface area contributed by atoms with Crippen LogP contribution >= 0.6 is 0 Å². The van der Waals surface area contributed by atoms with Gasteiger partial charge in [-0.2, -0.15) is 5.10 Å². The number of hydrogen-bond donors (Lipinski definition) is 2. The van der Waals surface area contributed by atoms with Crippen LogP contribution < -0.4 is 10.6 Å². The Labute approximate surface area is 173 Å². The van der Waals surface area contributed by atoms with Crippen molar-refractivity contribution in [3.63, 3.8) is 0 Å². The summed E-state index contributed by atoms with van der Waals surface area (Å²) in [6.07, 6.45) is 5.81. The van der Waals surface area contributed by atoms with Crippen LogP contribution in [0, 0.1) is 0 Å². The number of nitrogens with zero attached hydrogens (tertiary/aromatic N) is 4. The Morgan fingerprint density at radius 1 is 1.27 bits per heavy atom. The standard InChI is InChI=1S/C22H22N6O2/c1-23-19-15(6-5-10-24-19)20(29)28-11-9-22(18(28)14-12-25-27(2)13-14)16-7-3-4-8-17(16)26-21(22)30/h3-8,10,12-13,18H,9,11H2,1-2H3,(H,23,24)(H,26,30). The number of hydrogen-bond acceptors (Lipinski definition) is 5. The maximum absolute atomic E-state index is 13.7. The Kier molecular flexibility index (Phi) is 4.09. The molecular formula is C22H22N6O2. The van der Waals surface area contributed by atoms with Gasteiger partial charge in [0.05, 0.1) is 17.8 Å². The number of para-hydroxylation sites is 1. The molecule has 30 heavy (non-hydrogen) atoms. The fraction of sp³-hybridized carbons (Fsp3) is 0.273. The van der Waals surface area contributed by atoms with Crippen molar-refractivity contribution in [2.45, 2.75) is 17.9 Å². The highest BCUT2D eigenvalue weighted by Crippen LogP contribution is 2.54.